The minimum absolute atomic E-state index is 0.293. The second kappa shape index (κ2) is 7.77. The molecule has 0 bridgehead atoms. The molecular weight excluding hydrogens is 384 g/mol. The van der Waals surface area contributed by atoms with Gasteiger partial charge in [0.15, 0.2) is 0 Å². The first-order chi connectivity index (χ1) is 13.2. The topological polar surface area (TPSA) is 29.6 Å². The maximum Gasteiger partial charge on any atom is 0.211 e. The molecule has 0 aliphatic heterocycles. The van der Waals surface area contributed by atoms with Gasteiger partial charge in [-0.25, -0.2) is 18.4 Å². The van der Waals surface area contributed by atoms with E-state index >= 15 is 0 Å². The Morgan fingerprint density at radius 3 is 2.22 bits per heavy atom. The molecular formula is C20H13F2N3S2. The van der Waals surface area contributed by atoms with Crippen molar-refractivity contribution in [3.63, 3.8) is 0 Å². The first-order valence-electron chi connectivity index (χ1n) is 8.02. The molecule has 0 fully saturated rings. The van der Waals surface area contributed by atoms with Gasteiger partial charge in [-0.15, -0.1) is 11.3 Å². The van der Waals surface area contributed by atoms with Crippen LogP contribution in [-0.2, 0) is 0 Å². The van der Waals surface area contributed by atoms with Crippen molar-refractivity contribution in [2.24, 2.45) is 10.1 Å². The molecule has 0 N–H and O–H groups in total. The molecule has 0 aliphatic rings. The molecule has 0 unspecified atom stereocenters. The number of thiazole rings is 1. The minimum Gasteiger partial charge on any atom is -0.220 e. The zero-order chi connectivity index (χ0) is 18.6. The van der Waals surface area contributed by atoms with Crippen molar-refractivity contribution >= 4 is 34.6 Å². The van der Waals surface area contributed by atoms with Crippen LogP contribution in [0.5, 0.6) is 0 Å². The molecule has 4 rings (SSSR count). The number of thiophene rings is 1. The van der Waals surface area contributed by atoms with Gasteiger partial charge < -0.3 is 0 Å². The van der Waals surface area contributed by atoms with Crippen LogP contribution in [0.1, 0.15) is 5.56 Å². The predicted octanol–water partition coefficient (Wildman–Crippen LogP) is 5.67. The maximum absolute atomic E-state index is 13.3. The first-order valence-corrected chi connectivity index (χ1v) is 9.85. The second-order valence-corrected chi connectivity index (χ2v) is 7.23. The molecule has 0 saturated carbocycles. The second-order valence-electron chi connectivity index (χ2n) is 5.61. The van der Waals surface area contributed by atoms with Crippen molar-refractivity contribution < 1.29 is 8.78 Å². The Morgan fingerprint density at radius 1 is 0.852 bits per heavy atom. The highest BCUT2D eigenvalue weighted by Crippen LogP contribution is 2.21. The molecule has 0 amide bonds. The summed E-state index contributed by atoms with van der Waals surface area (Å²) in [5.41, 5.74) is 3.24. The van der Waals surface area contributed by atoms with Crippen LogP contribution in [0, 0.1) is 11.6 Å². The van der Waals surface area contributed by atoms with Gasteiger partial charge in [-0.05, 0) is 65.4 Å². The Morgan fingerprint density at radius 2 is 1.56 bits per heavy atom. The van der Waals surface area contributed by atoms with E-state index in [1.54, 1.807) is 46.5 Å². The average Bonchev–Trinajstić information content (AvgIpc) is 3.32. The monoisotopic (exact) mass is 397 g/mol. The zero-order valence-electron chi connectivity index (χ0n) is 13.9. The summed E-state index contributed by atoms with van der Waals surface area (Å²) in [6.07, 6.45) is 1.75. The normalized spacial score (nSPS) is 12.1. The molecule has 0 spiro atoms. The van der Waals surface area contributed by atoms with Crippen LogP contribution in [0.25, 0.3) is 11.3 Å². The third-order valence-corrected chi connectivity index (χ3v) is 5.26. The van der Waals surface area contributed by atoms with Crippen molar-refractivity contribution in [2.75, 3.05) is 0 Å². The molecule has 0 aliphatic carbocycles. The Balaban J connectivity index is 1.83. The number of halogens is 2. The fourth-order valence-corrected chi connectivity index (χ4v) is 3.87. The third kappa shape index (κ3) is 4.10. The van der Waals surface area contributed by atoms with E-state index in [1.807, 2.05) is 22.2 Å². The Kier molecular flexibility index (Phi) is 5.04. The quantitative estimate of drug-likeness (QED) is 0.397. The van der Waals surface area contributed by atoms with Gasteiger partial charge in [0.05, 0.1) is 17.6 Å². The van der Waals surface area contributed by atoms with Gasteiger partial charge in [-0.1, -0.05) is 0 Å². The van der Waals surface area contributed by atoms with Gasteiger partial charge in [0.1, 0.15) is 11.6 Å². The van der Waals surface area contributed by atoms with Gasteiger partial charge >= 0.3 is 0 Å². The zero-order valence-corrected chi connectivity index (χ0v) is 15.6. The van der Waals surface area contributed by atoms with Crippen LogP contribution in [0.15, 0.2) is 80.8 Å². The lowest BCUT2D eigenvalue weighted by molar-refractivity contribution is 0.627. The molecule has 7 heteroatoms. The number of nitrogens with zero attached hydrogens (tertiary/aromatic N) is 3. The molecule has 3 nitrogen and oxygen atoms in total. The van der Waals surface area contributed by atoms with Crippen molar-refractivity contribution in [1.82, 2.24) is 4.68 Å². The average molecular weight is 397 g/mol. The number of hydrogen-bond donors (Lipinski definition) is 0. The van der Waals surface area contributed by atoms with E-state index in [-0.39, 0.29) is 11.6 Å². The molecule has 27 heavy (non-hydrogen) atoms. The van der Waals surface area contributed by atoms with E-state index in [0.717, 1.165) is 16.8 Å². The van der Waals surface area contributed by atoms with Crippen molar-refractivity contribution in [2.45, 2.75) is 0 Å². The fourth-order valence-electron chi connectivity index (χ4n) is 2.41. The van der Waals surface area contributed by atoms with Crippen molar-refractivity contribution in [3.8, 4) is 11.3 Å². The van der Waals surface area contributed by atoms with E-state index in [4.69, 9.17) is 0 Å². The van der Waals surface area contributed by atoms with Crippen LogP contribution in [0.4, 0.5) is 14.5 Å². The molecule has 0 saturated heterocycles. The van der Waals surface area contributed by atoms with Gasteiger partial charge in [-0.3, -0.25) is 0 Å². The van der Waals surface area contributed by atoms with Gasteiger partial charge in [-0.2, -0.15) is 16.4 Å². The van der Waals surface area contributed by atoms with Crippen molar-refractivity contribution in [1.29, 1.82) is 0 Å². The first kappa shape index (κ1) is 17.5. The molecule has 2 aromatic heterocycles. The highest BCUT2D eigenvalue weighted by atomic mass is 32.1. The fraction of sp³-hybridized carbons (Fsp3) is 0. The smallest absolute Gasteiger partial charge is 0.211 e. The molecule has 2 aromatic carbocycles. The number of benzene rings is 2. The molecule has 0 atom stereocenters. The summed E-state index contributed by atoms with van der Waals surface area (Å²) in [5.74, 6) is -0.603. The predicted molar refractivity (Wildman–Crippen MR) is 107 cm³/mol. The van der Waals surface area contributed by atoms with E-state index in [1.165, 1.54) is 35.6 Å². The summed E-state index contributed by atoms with van der Waals surface area (Å²) in [6, 6.07) is 14.2. The Labute approximate surface area is 162 Å². The SMILES string of the molecule is Fc1ccc(N=c2scc(-c3ccc(F)cc3)n2N=Cc2ccsc2)cc1. The van der Waals surface area contributed by atoms with Gasteiger partial charge in [0.25, 0.3) is 0 Å². The van der Waals surface area contributed by atoms with Crippen LogP contribution in [0.2, 0.25) is 0 Å². The van der Waals surface area contributed by atoms with Crippen LogP contribution in [0.3, 0.4) is 0 Å². The van der Waals surface area contributed by atoms with E-state index in [9.17, 15) is 8.78 Å². The van der Waals surface area contributed by atoms with Gasteiger partial charge in [0, 0.05) is 16.5 Å². The van der Waals surface area contributed by atoms with E-state index in [0.29, 0.717) is 10.5 Å². The molecule has 2 heterocycles. The minimum atomic E-state index is -0.310. The summed E-state index contributed by atoms with van der Waals surface area (Å²) < 4.78 is 28.1. The lowest BCUT2D eigenvalue weighted by atomic mass is 10.2. The van der Waals surface area contributed by atoms with Crippen molar-refractivity contribution in [3.05, 3.63) is 92.7 Å². The number of hydrogen-bond acceptors (Lipinski definition) is 4. The highest BCUT2D eigenvalue weighted by Gasteiger charge is 2.08. The summed E-state index contributed by atoms with van der Waals surface area (Å²) in [6.45, 7) is 0. The summed E-state index contributed by atoms with van der Waals surface area (Å²) >= 11 is 3.00. The Bertz CT molecular complexity index is 1120. The highest BCUT2D eigenvalue weighted by molar-refractivity contribution is 7.08. The summed E-state index contributed by atoms with van der Waals surface area (Å²) in [7, 11) is 0. The largest absolute Gasteiger partial charge is 0.220 e. The molecule has 134 valence electrons. The standard InChI is InChI=1S/C20H13F2N3S2/c21-16-3-1-15(2-4-16)19-13-27-20(24-18-7-5-17(22)6-8-18)25(19)23-11-14-9-10-26-12-14/h1-13H. The maximum atomic E-state index is 13.3. The number of rotatable bonds is 4. The lowest BCUT2D eigenvalue weighted by Gasteiger charge is -2.03. The number of aromatic nitrogens is 1. The van der Waals surface area contributed by atoms with E-state index < -0.39 is 0 Å². The van der Waals surface area contributed by atoms with Crippen LogP contribution < -0.4 is 4.80 Å². The van der Waals surface area contributed by atoms with Crippen LogP contribution in [-0.4, -0.2) is 10.9 Å². The third-order valence-electron chi connectivity index (χ3n) is 3.74. The molecule has 4 aromatic rings. The van der Waals surface area contributed by atoms with Crippen LogP contribution >= 0.6 is 22.7 Å². The van der Waals surface area contributed by atoms with Gasteiger partial charge in [0.2, 0.25) is 4.80 Å². The summed E-state index contributed by atoms with van der Waals surface area (Å²) in [4.78, 5) is 5.21. The molecule has 0 radical (unpaired) electrons. The summed E-state index contributed by atoms with van der Waals surface area (Å²) in [5, 5.41) is 10.5. The Hall–Kier alpha value is -2.90. The lowest BCUT2D eigenvalue weighted by Crippen LogP contribution is -2.11. The van der Waals surface area contributed by atoms with E-state index in [2.05, 4.69) is 10.1 Å².